The van der Waals surface area contributed by atoms with E-state index in [1.54, 1.807) is 6.07 Å². The van der Waals surface area contributed by atoms with Gasteiger partial charge in [0.1, 0.15) is 6.61 Å². The van der Waals surface area contributed by atoms with Crippen LogP contribution in [-0.4, -0.2) is 11.4 Å². The molecule has 1 aromatic carbocycles. The standard InChI is InChI=1S/C9H5Cl3F2O2/c10-6-2-1-3-7(11)5(6)4-16-8(15)9(12,13)14/h1-3H,4H2. The summed E-state index contributed by atoms with van der Waals surface area (Å²) in [6, 6.07) is 4.57. The lowest BCUT2D eigenvalue weighted by atomic mass is 10.2. The minimum absolute atomic E-state index is 0.221. The van der Waals surface area contributed by atoms with Gasteiger partial charge in [-0.1, -0.05) is 29.3 Å². The number of hydrogen-bond acceptors (Lipinski definition) is 2. The number of halogens is 5. The van der Waals surface area contributed by atoms with Crippen molar-refractivity contribution in [2.75, 3.05) is 0 Å². The fraction of sp³-hybridized carbons (Fsp3) is 0.222. The Morgan fingerprint density at radius 3 is 2.25 bits per heavy atom. The summed E-state index contributed by atoms with van der Waals surface area (Å²) in [6.07, 6.45) is 0. The lowest BCUT2D eigenvalue weighted by Gasteiger charge is -2.10. The highest BCUT2D eigenvalue weighted by molar-refractivity contribution is 6.36. The average molecular weight is 289 g/mol. The van der Waals surface area contributed by atoms with E-state index in [9.17, 15) is 13.6 Å². The number of rotatable bonds is 3. The van der Waals surface area contributed by atoms with Crippen LogP contribution in [-0.2, 0) is 16.1 Å². The van der Waals surface area contributed by atoms with Crippen molar-refractivity contribution in [1.29, 1.82) is 0 Å². The summed E-state index contributed by atoms with van der Waals surface area (Å²) >= 11 is 15.9. The molecule has 0 aliphatic rings. The Balaban J connectivity index is 2.73. The molecule has 0 N–H and O–H groups in total. The second-order valence-electron chi connectivity index (χ2n) is 2.77. The Morgan fingerprint density at radius 2 is 1.81 bits per heavy atom. The van der Waals surface area contributed by atoms with Gasteiger partial charge < -0.3 is 4.74 Å². The zero-order valence-corrected chi connectivity index (χ0v) is 9.91. The van der Waals surface area contributed by atoms with Crippen molar-refractivity contribution in [3.8, 4) is 0 Å². The minimum Gasteiger partial charge on any atom is -0.455 e. The van der Waals surface area contributed by atoms with Crippen LogP contribution in [0.1, 0.15) is 5.56 Å². The van der Waals surface area contributed by atoms with E-state index in [0.717, 1.165) is 0 Å². The summed E-state index contributed by atoms with van der Waals surface area (Å²) in [4.78, 5) is 10.7. The number of carbonyl (C=O) groups is 1. The maximum atomic E-state index is 12.2. The van der Waals surface area contributed by atoms with Crippen LogP contribution in [0, 0.1) is 0 Å². The van der Waals surface area contributed by atoms with Crippen molar-refractivity contribution < 1.29 is 18.3 Å². The summed E-state index contributed by atoms with van der Waals surface area (Å²) in [5.41, 5.74) is 0.250. The van der Waals surface area contributed by atoms with E-state index in [2.05, 4.69) is 16.3 Å². The van der Waals surface area contributed by atoms with E-state index in [4.69, 9.17) is 23.2 Å². The van der Waals surface area contributed by atoms with Crippen molar-refractivity contribution in [2.45, 2.75) is 12.0 Å². The summed E-state index contributed by atoms with van der Waals surface area (Å²) < 4.78 is 28.8. The van der Waals surface area contributed by atoms with Gasteiger partial charge in [-0.2, -0.15) is 8.78 Å². The van der Waals surface area contributed by atoms with E-state index in [1.807, 2.05) is 0 Å². The number of carbonyl (C=O) groups excluding carboxylic acids is 1. The number of ether oxygens (including phenoxy) is 1. The van der Waals surface area contributed by atoms with Gasteiger partial charge >= 0.3 is 11.4 Å². The third-order valence-corrected chi connectivity index (χ3v) is 2.50. The lowest BCUT2D eigenvalue weighted by molar-refractivity contribution is -0.162. The highest BCUT2D eigenvalue weighted by Gasteiger charge is 2.38. The molecule has 0 unspecified atom stereocenters. The van der Waals surface area contributed by atoms with Crippen LogP contribution < -0.4 is 0 Å². The van der Waals surface area contributed by atoms with Gasteiger partial charge in [0.25, 0.3) is 0 Å². The number of alkyl halides is 3. The highest BCUT2D eigenvalue weighted by Crippen LogP contribution is 2.26. The molecule has 0 bridgehead atoms. The first-order valence-electron chi connectivity index (χ1n) is 3.99. The molecule has 7 heteroatoms. The zero-order valence-electron chi connectivity index (χ0n) is 7.65. The van der Waals surface area contributed by atoms with Crippen molar-refractivity contribution in [3.05, 3.63) is 33.8 Å². The maximum Gasteiger partial charge on any atom is 0.417 e. The van der Waals surface area contributed by atoms with Crippen LogP contribution >= 0.6 is 34.8 Å². The molecule has 88 valence electrons. The second-order valence-corrected chi connectivity index (χ2v) is 4.06. The van der Waals surface area contributed by atoms with Crippen LogP contribution in [0.5, 0.6) is 0 Å². The summed E-state index contributed by atoms with van der Waals surface area (Å²) in [5.74, 6) is -1.84. The van der Waals surface area contributed by atoms with Gasteiger partial charge in [0.05, 0.1) is 0 Å². The lowest BCUT2D eigenvalue weighted by Crippen LogP contribution is -2.24. The van der Waals surface area contributed by atoms with Gasteiger partial charge in [-0.05, 0) is 23.7 Å². The molecule has 0 aliphatic carbocycles. The predicted octanol–water partition coefficient (Wildman–Crippen LogP) is 3.87. The highest BCUT2D eigenvalue weighted by atomic mass is 35.5. The summed E-state index contributed by atoms with van der Waals surface area (Å²) in [6.45, 7) is -0.459. The fourth-order valence-corrected chi connectivity index (χ4v) is 1.45. The van der Waals surface area contributed by atoms with Gasteiger partial charge in [0.15, 0.2) is 0 Å². The Kier molecular flexibility index (Phi) is 4.35. The largest absolute Gasteiger partial charge is 0.455 e. The molecule has 0 aromatic heterocycles. The van der Waals surface area contributed by atoms with E-state index in [1.165, 1.54) is 12.1 Å². The molecule has 0 heterocycles. The smallest absolute Gasteiger partial charge is 0.417 e. The van der Waals surface area contributed by atoms with E-state index in [-0.39, 0.29) is 15.6 Å². The van der Waals surface area contributed by atoms with Gasteiger partial charge in [0.2, 0.25) is 0 Å². The van der Waals surface area contributed by atoms with Gasteiger partial charge in [0, 0.05) is 15.6 Å². The van der Waals surface area contributed by atoms with Gasteiger partial charge in [-0.15, -0.1) is 0 Å². The van der Waals surface area contributed by atoms with Crippen LogP contribution in [0.4, 0.5) is 8.78 Å². The maximum absolute atomic E-state index is 12.2. The van der Waals surface area contributed by atoms with E-state index >= 15 is 0 Å². The SMILES string of the molecule is O=C(OCc1c(Cl)cccc1Cl)C(F)(F)Cl. The molecule has 0 atom stereocenters. The van der Waals surface area contributed by atoms with Crippen molar-refractivity contribution in [1.82, 2.24) is 0 Å². The summed E-state index contributed by atoms with van der Waals surface area (Å²) in [5, 5.41) is -3.61. The molecule has 16 heavy (non-hydrogen) atoms. The van der Waals surface area contributed by atoms with E-state index in [0.29, 0.717) is 0 Å². The van der Waals surface area contributed by atoms with Crippen LogP contribution in [0.25, 0.3) is 0 Å². The van der Waals surface area contributed by atoms with Crippen molar-refractivity contribution in [2.24, 2.45) is 0 Å². The van der Waals surface area contributed by atoms with Gasteiger partial charge in [-0.25, -0.2) is 4.79 Å². The normalized spacial score (nSPS) is 11.3. The average Bonchev–Trinajstić information content (AvgIpc) is 2.15. The number of hydrogen-bond donors (Lipinski definition) is 0. The van der Waals surface area contributed by atoms with Crippen LogP contribution in [0.3, 0.4) is 0 Å². The topological polar surface area (TPSA) is 26.3 Å². The van der Waals surface area contributed by atoms with E-state index < -0.39 is 18.0 Å². The Hall–Kier alpha value is -0.580. The molecule has 2 nitrogen and oxygen atoms in total. The monoisotopic (exact) mass is 288 g/mol. The Morgan fingerprint density at radius 1 is 1.31 bits per heavy atom. The molecule has 0 saturated carbocycles. The first kappa shape index (κ1) is 13.5. The number of esters is 1. The van der Waals surface area contributed by atoms with Crippen molar-refractivity contribution in [3.63, 3.8) is 0 Å². The van der Waals surface area contributed by atoms with Crippen LogP contribution in [0.15, 0.2) is 18.2 Å². The molecular formula is C9H5Cl3F2O2. The Bertz CT molecular complexity index is 384. The molecule has 0 aliphatic heterocycles. The predicted molar refractivity (Wildman–Crippen MR) is 57.1 cm³/mol. The zero-order chi connectivity index (χ0) is 12.3. The first-order chi connectivity index (χ1) is 7.32. The third-order valence-electron chi connectivity index (χ3n) is 1.64. The quantitative estimate of drug-likeness (QED) is 0.624. The molecule has 1 rings (SSSR count). The van der Waals surface area contributed by atoms with Crippen molar-refractivity contribution >= 4 is 40.8 Å². The minimum atomic E-state index is -4.05. The molecule has 0 fully saturated rings. The molecular weight excluding hydrogens is 284 g/mol. The van der Waals surface area contributed by atoms with Crippen LogP contribution in [0.2, 0.25) is 10.0 Å². The molecule has 0 saturated heterocycles. The molecule has 0 amide bonds. The molecule has 1 aromatic rings. The Labute approximate surface area is 105 Å². The third kappa shape index (κ3) is 3.47. The summed E-state index contributed by atoms with van der Waals surface area (Å²) in [7, 11) is 0. The second kappa shape index (κ2) is 5.17. The molecule has 0 spiro atoms. The number of benzene rings is 1. The molecule has 0 radical (unpaired) electrons. The first-order valence-corrected chi connectivity index (χ1v) is 5.12. The van der Waals surface area contributed by atoms with Gasteiger partial charge in [-0.3, -0.25) is 0 Å². The fourth-order valence-electron chi connectivity index (χ4n) is 0.890.